The Morgan fingerprint density at radius 3 is 2.67 bits per heavy atom. The van der Waals surface area contributed by atoms with E-state index in [4.69, 9.17) is 10.5 Å². The highest BCUT2D eigenvalue weighted by Crippen LogP contribution is 2.13. The molecular weight excluding hydrogens is 226 g/mol. The summed E-state index contributed by atoms with van der Waals surface area (Å²) >= 11 is 0. The van der Waals surface area contributed by atoms with Gasteiger partial charge in [0, 0.05) is 18.4 Å². The van der Waals surface area contributed by atoms with E-state index >= 15 is 0 Å². The maximum atomic E-state index is 5.59. The van der Waals surface area contributed by atoms with Crippen molar-refractivity contribution in [3.8, 4) is 5.75 Å². The zero-order valence-corrected chi connectivity index (χ0v) is 10.2. The number of hydrogen-bond donors (Lipinski definition) is 2. The molecule has 1 aromatic carbocycles. The van der Waals surface area contributed by atoms with Gasteiger partial charge in [-0.1, -0.05) is 6.07 Å². The second kappa shape index (κ2) is 6.49. The second-order valence-electron chi connectivity index (χ2n) is 3.91. The van der Waals surface area contributed by atoms with Crippen LogP contribution in [0, 0.1) is 0 Å². The highest BCUT2D eigenvalue weighted by Gasteiger charge is 1.94. The van der Waals surface area contributed by atoms with Gasteiger partial charge in [-0.05, 0) is 42.8 Å². The molecule has 0 fully saturated rings. The fourth-order valence-corrected chi connectivity index (χ4v) is 1.51. The van der Waals surface area contributed by atoms with Gasteiger partial charge in [0.2, 0.25) is 0 Å². The highest BCUT2D eigenvalue weighted by molar-refractivity contribution is 5.41. The summed E-state index contributed by atoms with van der Waals surface area (Å²) < 4.78 is 5.58. The monoisotopic (exact) mass is 243 g/mol. The molecule has 3 N–H and O–H groups in total. The third-order valence-corrected chi connectivity index (χ3v) is 2.44. The average Bonchev–Trinajstić information content (AvgIpc) is 2.42. The first kappa shape index (κ1) is 12.2. The van der Waals surface area contributed by atoms with Crippen molar-refractivity contribution >= 4 is 11.5 Å². The lowest BCUT2D eigenvalue weighted by molar-refractivity contribution is 0.315. The van der Waals surface area contributed by atoms with Gasteiger partial charge in [0.05, 0.1) is 6.61 Å². The van der Waals surface area contributed by atoms with Crippen molar-refractivity contribution in [2.75, 3.05) is 24.2 Å². The van der Waals surface area contributed by atoms with Crippen molar-refractivity contribution in [2.45, 2.75) is 6.42 Å². The van der Waals surface area contributed by atoms with Crippen molar-refractivity contribution in [3.05, 3.63) is 48.7 Å². The number of nitrogens with two attached hydrogens (primary N) is 1. The quantitative estimate of drug-likeness (QED) is 0.604. The van der Waals surface area contributed by atoms with Crippen molar-refractivity contribution in [3.63, 3.8) is 0 Å². The summed E-state index contributed by atoms with van der Waals surface area (Å²) in [6.45, 7) is 1.51. The van der Waals surface area contributed by atoms with Gasteiger partial charge >= 0.3 is 0 Å². The fraction of sp³-hybridized carbons (Fsp3) is 0.214. The van der Waals surface area contributed by atoms with E-state index in [0.29, 0.717) is 6.61 Å². The van der Waals surface area contributed by atoms with Gasteiger partial charge in [0.1, 0.15) is 11.6 Å². The molecule has 0 aliphatic heterocycles. The molecule has 1 aromatic heterocycles. The Bertz CT molecular complexity index is 456. The van der Waals surface area contributed by atoms with E-state index in [2.05, 4.69) is 10.3 Å². The summed E-state index contributed by atoms with van der Waals surface area (Å²) in [5.74, 6) is 1.74. The maximum Gasteiger partial charge on any atom is 0.125 e. The summed E-state index contributed by atoms with van der Waals surface area (Å²) in [6, 6.07) is 13.2. The summed E-state index contributed by atoms with van der Waals surface area (Å²) in [5, 5.41) is 3.23. The number of nitrogens with zero attached hydrogens (tertiary/aromatic N) is 1. The molecule has 0 unspecified atom stereocenters. The number of hydrogen-bond acceptors (Lipinski definition) is 4. The van der Waals surface area contributed by atoms with Crippen LogP contribution >= 0.6 is 0 Å². The van der Waals surface area contributed by atoms with Gasteiger partial charge in [-0.15, -0.1) is 0 Å². The molecule has 2 aromatic rings. The fourth-order valence-electron chi connectivity index (χ4n) is 1.51. The molecular formula is C14H17N3O. The molecule has 0 aliphatic rings. The van der Waals surface area contributed by atoms with E-state index in [1.54, 1.807) is 6.20 Å². The number of rotatable bonds is 6. The molecule has 0 atom stereocenters. The zero-order chi connectivity index (χ0) is 12.6. The van der Waals surface area contributed by atoms with E-state index in [1.807, 2.05) is 42.5 Å². The van der Waals surface area contributed by atoms with Crippen LogP contribution in [0.5, 0.6) is 5.75 Å². The number of aromatic nitrogens is 1. The predicted octanol–water partition coefficient (Wildman–Crippen LogP) is 2.54. The first-order valence-corrected chi connectivity index (χ1v) is 5.98. The lowest BCUT2D eigenvalue weighted by Gasteiger charge is -2.07. The minimum atomic E-state index is 0.670. The summed E-state index contributed by atoms with van der Waals surface area (Å²) in [5.41, 5.74) is 6.34. The van der Waals surface area contributed by atoms with Crippen LogP contribution in [0.3, 0.4) is 0 Å². The Morgan fingerprint density at radius 1 is 1.11 bits per heavy atom. The lowest BCUT2D eigenvalue weighted by atomic mass is 10.3. The topological polar surface area (TPSA) is 60.2 Å². The zero-order valence-electron chi connectivity index (χ0n) is 10.2. The van der Waals surface area contributed by atoms with Crippen molar-refractivity contribution in [1.82, 2.24) is 4.98 Å². The first-order valence-electron chi connectivity index (χ1n) is 5.98. The van der Waals surface area contributed by atoms with Crippen LogP contribution < -0.4 is 15.8 Å². The predicted molar refractivity (Wildman–Crippen MR) is 73.7 cm³/mol. The van der Waals surface area contributed by atoms with Gasteiger partial charge in [0.15, 0.2) is 0 Å². The third-order valence-electron chi connectivity index (χ3n) is 2.44. The van der Waals surface area contributed by atoms with Gasteiger partial charge in [-0.3, -0.25) is 0 Å². The lowest BCUT2D eigenvalue weighted by Crippen LogP contribution is -2.08. The van der Waals surface area contributed by atoms with E-state index in [0.717, 1.165) is 30.2 Å². The average molecular weight is 243 g/mol. The molecule has 0 saturated heterocycles. The Morgan fingerprint density at radius 2 is 1.94 bits per heavy atom. The van der Waals surface area contributed by atoms with Crippen molar-refractivity contribution in [2.24, 2.45) is 0 Å². The second-order valence-corrected chi connectivity index (χ2v) is 3.91. The molecule has 1 heterocycles. The molecule has 4 nitrogen and oxygen atoms in total. The summed E-state index contributed by atoms with van der Waals surface area (Å²) in [4.78, 5) is 4.18. The van der Waals surface area contributed by atoms with Crippen LogP contribution in [0.4, 0.5) is 11.5 Å². The summed E-state index contributed by atoms with van der Waals surface area (Å²) in [7, 11) is 0. The SMILES string of the molecule is Nc1ccc(OCCCNc2ccccn2)cc1. The van der Waals surface area contributed by atoms with Crippen molar-refractivity contribution in [1.29, 1.82) is 0 Å². The number of benzene rings is 1. The number of nitrogens with one attached hydrogen (secondary N) is 1. The number of anilines is 2. The Hall–Kier alpha value is -2.23. The van der Waals surface area contributed by atoms with Crippen LogP contribution in [0.25, 0.3) is 0 Å². The molecule has 0 bridgehead atoms. The first-order chi connectivity index (χ1) is 8.84. The molecule has 0 aliphatic carbocycles. The number of ether oxygens (including phenoxy) is 1. The van der Waals surface area contributed by atoms with Crippen LogP contribution in [-0.4, -0.2) is 18.1 Å². The van der Waals surface area contributed by atoms with Crippen molar-refractivity contribution < 1.29 is 4.74 Å². The minimum absolute atomic E-state index is 0.670. The standard InChI is InChI=1S/C14H17N3O/c15-12-5-7-13(8-6-12)18-11-3-10-17-14-4-1-2-9-16-14/h1-2,4-9H,3,10-11,15H2,(H,16,17). The van der Waals surface area contributed by atoms with Gasteiger partial charge in [-0.2, -0.15) is 0 Å². The molecule has 94 valence electrons. The van der Waals surface area contributed by atoms with Gasteiger partial charge < -0.3 is 15.8 Å². The van der Waals surface area contributed by atoms with Gasteiger partial charge in [0.25, 0.3) is 0 Å². The number of nitrogen functional groups attached to an aromatic ring is 1. The van der Waals surface area contributed by atoms with Crippen LogP contribution in [0.2, 0.25) is 0 Å². The largest absolute Gasteiger partial charge is 0.494 e. The Balaban J connectivity index is 1.63. The molecule has 0 radical (unpaired) electrons. The van der Waals surface area contributed by atoms with Crippen LogP contribution in [0.15, 0.2) is 48.7 Å². The van der Waals surface area contributed by atoms with E-state index in [9.17, 15) is 0 Å². The van der Waals surface area contributed by atoms with E-state index < -0.39 is 0 Å². The van der Waals surface area contributed by atoms with E-state index in [-0.39, 0.29) is 0 Å². The maximum absolute atomic E-state index is 5.59. The molecule has 0 saturated carbocycles. The number of pyridine rings is 1. The third kappa shape index (κ3) is 3.97. The van der Waals surface area contributed by atoms with Gasteiger partial charge in [-0.25, -0.2) is 4.98 Å². The normalized spacial score (nSPS) is 10.0. The van der Waals surface area contributed by atoms with E-state index in [1.165, 1.54) is 0 Å². The molecule has 4 heteroatoms. The summed E-state index contributed by atoms with van der Waals surface area (Å²) in [6.07, 6.45) is 2.69. The molecule has 0 spiro atoms. The smallest absolute Gasteiger partial charge is 0.125 e. The minimum Gasteiger partial charge on any atom is -0.494 e. The van der Waals surface area contributed by atoms with Crippen LogP contribution in [-0.2, 0) is 0 Å². The molecule has 2 rings (SSSR count). The molecule has 0 amide bonds. The highest BCUT2D eigenvalue weighted by atomic mass is 16.5. The Labute approximate surface area is 107 Å². The van der Waals surface area contributed by atoms with Crippen LogP contribution in [0.1, 0.15) is 6.42 Å². The molecule has 18 heavy (non-hydrogen) atoms. The Kier molecular flexibility index (Phi) is 4.41.